The maximum atomic E-state index is 13.6. The Morgan fingerprint density at radius 2 is 2.00 bits per heavy atom. The van der Waals surface area contributed by atoms with E-state index in [1.807, 2.05) is 13.8 Å². The minimum absolute atomic E-state index is 0. The number of ether oxygens (including phenoxy) is 2. The van der Waals surface area contributed by atoms with Gasteiger partial charge in [-0.15, -0.1) is 24.0 Å². The van der Waals surface area contributed by atoms with Crippen molar-refractivity contribution in [1.29, 1.82) is 0 Å². The molecule has 0 aliphatic heterocycles. The number of nitrogens with zero attached hydrogens (tertiary/aromatic N) is 1. The second-order valence-corrected chi connectivity index (χ2v) is 5.28. The lowest BCUT2D eigenvalue weighted by Gasteiger charge is -2.18. The topological polar surface area (TPSA) is 84.0 Å². The normalized spacial score (nSPS) is 11.9. The van der Waals surface area contributed by atoms with Gasteiger partial charge in [0.2, 0.25) is 5.91 Å². The van der Waals surface area contributed by atoms with Gasteiger partial charge in [-0.25, -0.2) is 9.38 Å². The number of methoxy groups -OCH3 is 1. The van der Waals surface area contributed by atoms with Crippen LogP contribution in [0.2, 0.25) is 0 Å². The van der Waals surface area contributed by atoms with Gasteiger partial charge in [-0.05, 0) is 26.0 Å². The van der Waals surface area contributed by atoms with Gasteiger partial charge in [-0.1, -0.05) is 12.1 Å². The quantitative estimate of drug-likeness (QED) is 0.204. The third kappa shape index (κ3) is 10.4. The van der Waals surface area contributed by atoms with Crippen molar-refractivity contribution < 1.29 is 18.7 Å². The van der Waals surface area contributed by atoms with E-state index in [1.165, 1.54) is 6.07 Å². The van der Waals surface area contributed by atoms with Gasteiger partial charge in [-0.2, -0.15) is 0 Å². The SMILES string of the molecule is CCNC(=NCC(=O)NCCOC)NCC(C)Oc1ccccc1F.I. The molecule has 1 amide bonds. The lowest BCUT2D eigenvalue weighted by molar-refractivity contribution is -0.119. The molecule has 0 aromatic heterocycles. The van der Waals surface area contributed by atoms with Crippen molar-refractivity contribution in [2.75, 3.05) is 39.9 Å². The molecule has 0 fully saturated rings. The summed E-state index contributed by atoms with van der Waals surface area (Å²) in [5.41, 5.74) is 0. The average Bonchev–Trinajstić information content (AvgIpc) is 2.59. The van der Waals surface area contributed by atoms with Crippen molar-refractivity contribution in [3.8, 4) is 5.75 Å². The molecule has 0 radical (unpaired) electrons. The van der Waals surface area contributed by atoms with Gasteiger partial charge < -0.3 is 25.4 Å². The molecular formula is C17H28FIN4O3. The highest BCUT2D eigenvalue weighted by Gasteiger charge is 2.09. The van der Waals surface area contributed by atoms with Gasteiger partial charge in [-0.3, -0.25) is 4.79 Å². The molecule has 3 N–H and O–H groups in total. The van der Waals surface area contributed by atoms with Crippen LogP contribution in [-0.4, -0.2) is 57.9 Å². The molecule has 0 aliphatic rings. The first kappa shape index (κ1) is 24.4. The molecule has 7 nitrogen and oxygen atoms in total. The van der Waals surface area contributed by atoms with Crippen LogP contribution >= 0.6 is 24.0 Å². The van der Waals surface area contributed by atoms with Crippen molar-refractivity contribution in [2.24, 2.45) is 4.99 Å². The van der Waals surface area contributed by atoms with Gasteiger partial charge in [0.25, 0.3) is 0 Å². The Morgan fingerprint density at radius 1 is 1.27 bits per heavy atom. The van der Waals surface area contributed by atoms with Gasteiger partial charge in [0.15, 0.2) is 17.5 Å². The van der Waals surface area contributed by atoms with Crippen LogP contribution in [0, 0.1) is 5.82 Å². The van der Waals surface area contributed by atoms with Crippen molar-refractivity contribution in [3.05, 3.63) is 30.1 Å². The lowest BCUT2D eigenvalue weighted by atomic mass is 10.3. The number of nitrogens with one attached hydrogen (secondary N) is 3. The minimum Gasteiger partial charge on any atom is -0.486 e. The molecule has 0 saturated carbocycles. The number of hydrogen-bond donors (Lipinski definition) is 3. The zero-order chi connectivity index (χ0) is 18.5. The Morgan fingerprint density at radius 3 is 2.65 bits per heavy atom. The summed E-state index contributed by atoms with van der Waals surface area (Å²) in [6.07, 6.45) is -0.281. The Balaban J connectivity index is 0.00000625. The summed E-state index contributed by atoms with van der Waals surface area (Å²) >= 11 is 0. The zero-order valence-corrected chi connectivity index (χ0v) is 17.7. The van der Waals surface area contributed by atoms with Crippen LogP contribution in [-0.2, 0) is 9.53 Å². The Kier molecular flexibility index (Phi) is 13.6. The molecule has 1 aromatic rings. The van der Waals surface area contributed by atoms with Gasteiger partial charge in [0.05, 0.1) is 13.2 Å². The molecule has 1 atom stereocenters. The van der Waals surface area contributed by atoms with Crippen molar-refractivity contribution >= 4 is 35.8 Å². The minimum atomic E-state index is -0.400. The molecule has 0 saturated heterocycles. The van der Waals surface area contributed by atoms with Crippen molar-refractivity contribution in [2.45, 2.75) is 20.0 Å². The summed E-state index contributed by atoms with van der Waals surface area (Å²) in [5.74, 6) is 0.109. The maximum absolute atomic E-state index is 13.6. The van der Waals surface area contributed by atoms with E-state index < -0.39 is 5.82 Å². The molecule has 1 rings (SSSR count). The third-order valence-electron chi connectivity index (χ3n) is 3.08. The maximum Gasteiger partial charge on any atom is 0.241 e. The summed E-state index contributed by atoms with van der Waals surface area (Å²) in [6, 6.07) is 6.25. The van der Waals surface area contributed by atoms with Crippen LogP contribution in [0.4, 0.5) is 4.39 Å². The third-order valence-corrected chi connectivity index (χ3v) is 3.08. The fourth-order valence-corrected chi connectivity index (χ4v) is 1.88. The number of hydrogen-bond acceptors (Lipinski definition) is 4. The Hall–Kier alpha value is -1.62. The van der Waals surface area contributed by atoms with E-state index in [1.54, 1.807) is 25.3 Å². The van der Waals surface area contributed by atoms with E-state index in [4.69, 9.17) is 9.47 Å². The van der Waals surface area contributed by atoms with Gasteiger partial charge in [0.1, 0.15) is 12.6 Å². The van der Waals surface area contributed by atoms with Crippen molar-refractivity contribution in [1.82, 2.24) is 16.0 Å². The first-order chi connectivity index (χ1) is 12.1. The van der Waals surface area contributed by atoms with Gasteiger partial charge in [0, 0.05) is 20.2 Å². The van der Waals surface area contributed by atoms with E-state index >= 15 is 0 Å². The number of guanidine groups is 1. The van der Waals surface area contributed by atoms with Gasteiger partial charge >= 0.3 is 0 Å². The van der Waals surface area contributed by atoms with E-state index in [9.17, 15) is 9.18 Å². The summed E-state index contributed by atoms with van der Waals surface area (Å²) < 4.78 is 24.0. The molecule has 1 aromatic carbocycles. The molecular weight excluding hydrogens is 454 g/mol. The predicted octanol–water partition coefficient (Wildman–Crippen LogP) is 1.53. The summed E-state index contributed by atoms with van der Waals surface area (Å²) in [5, 5.41) is 8.80. The zero-order valence-electron chi connectivity index (χ0n) is 15.4. The van der Waals surface area contributed by atoms with Crippen LogP contribution in [0.1, 0.15) is 13.8 Å². The van der Waals surface area contributed by atoms with E-state index in [2.05, 4.69) is 20.9 Å². The number of amides is 1. The highest BCUT2D eigenvalue weighted by Crippen LogP contribution is 2.16. The number of carbonyl (C=O) groups is 1. The molecule has 0 aliphatic carbocycles. The molecule has 9 heteroatoms. The van der Waals surface area contributed by atoms with E-state index in [-0.39, 0.29) is 48.3 Å². The van der Waals surface area contributed by atoms with Crippen LogP contribution in [0.25, 0.3) is 0 Å². The second-order valence-electron chi connectivity index (χ2n) is 5.28. The predicted molar refractivity (Wildman–Crippen MR) is 111 cm³/mol. The molecule has 26 heavy (non-hydrogen) atoms. The molecule has 0 heterocycles. The van der Waals surface area contributed by atoms with Crippen molar-refractivity contribution in [3.63, 3.8) is 0 Å². The van der Waals surface area contributed by atoms with Crippen LogP contribution in [0.3, 0.4) is 0 Å². The number of aliphatic imine (C=N–C) groups is 1. The molecule has 1 unspecified atom stereocenters. The van der Waals surface area contributed by atoms with Crippen LogP contribution in [0.5, 0.6) is 5.75 Å². The molecule has 0 spiro atoms. The molecule has 148 valence electrons. The number of rotatable bonds is 10. The highest BCUT2D eigenvalue weighted by molar-refractivity contribution is 14.0. The first-order valence-corrected chi connectivity index (χ1v) is 8.25. The largest absolute Gasteiger partial charge is 0.486 e. The fraction of sp³-hybridized carbons (Fsp3) is 0.529. The number of benzene rings is 1. The summed E-state index contributed by atoms with van der Waals surface area (Å²) in [4.78, 5) is 15.8. The monoisotopic (exact) mass is 482 g/mol. The summed E-state index contributed by atoms with van der Waals surface area (Å²) in [6.45, 7) is 5.71. The first-order valence-electron chi connectivity index (χ1n) is 8.25. The fourth-order valence-electron chi connectivity index (χ4n) is 1.88. The smallest absolute Gasteiger partial charge is 0.241 e. The molecule has 0 bridgehead atoms. The summed E-state index contributed by atoms with van der Waals surface area (Å²) in [7, 11) is 1.57. The van der Waals surface area contributed by atoms with Crippen LogP contribution in [0.15, 0.2) is 29.3 Å². The Labute approximate surface area is 171 Å². The van der Waals surface area contributed by atoms with Crippen LogP contribution < -0.4 is 20.7 Å². The highest BCUT2D eigenvalue weighted by atomic mass is 127. The van der Waals surface area contributed by atoms with E-state index in [0.29, 0.717) is 32.2 Å². The number of para-hydroxylation sites is 1. The lowest BCUT2D eigenvalue weighted by Crippen LogP contribution is -2.42. The standard InChI is InChI=1S/C17H27FN4O3.HI/c1-4-19-17(22-12-16(23)20-9-10-24-3)21-11-13(2)25-15-8-6-5-7-14(15)18;/h5-8,13H,4,9-12H2,1-3H3,(H,20,23)(H2,19,21,22);1H. The number of halogens is 2. The number of carbonyl (C=O) groups excluding carboxylic acids is 1. The average molecular weight is 482 g/mol. The second kappa shape index (κ2) is 14.5. The Bertz CT molecular complexity index is 561. The van der Waals surface area contributed by atoms with E-state index in [0.717, 1.165) is 0 Å².